The normalized spacial score (nSPS) is 10.8. The molecule has 0 atom stereocenters. The highest BCUT2D eigenvalue weighted by Gasteiger charge is 2.15. The summed E-state index contributed by atoms with van der Waals surface area (Å²) in [7, 11) is 0. The summed E-state index contributed by atoms with van der Waals surface area (Å²) in [5, 5.41) is 24.3. The first kappa shape index (κ1) is 17.9. The molecule has 2 N–H and O–H groups in total. The van der Waals surface area contributed by atoms with Gasteiger partial charge in [-0.1, -0.05) is 29.8 Å². The molecule has 1 amide bonds. The molecule has 0 aliphatic heterocycles. The molecule has 0 spiro atoms. The number of para-hydroxylation sites is 1. The maximum atomic E-state index is 11.8. The highest BCUT2D eigenvalue weighted by molar-refractivity contribution is 9.10. The van der Waals surface area contributed by atoms with E-state index in [1.54, 1.807) is 12.1 Å². The summed E-state index contributed by atoms with van der Waals surface area (Å²) < 4.78 is 0.391. The number of carbonyl (C=O) groups excluding carboxylic acids is 1. The number of aromatic hydroxyl groups is 1. The van der Waals surface area contributed by atoms with Gasteiger partial charge in [-0.3, -0.25) is 14.9 Å². The van der Waals surface area contributed by atoms with Gasteiger partial charge in [0.2, 0.25) is 5.91 Å². The number of halogens is 2. The van der Waals surface area contributed by atoms with Crippen molar-refractivity contribution in [2.45, 2.75) is 6.42 Å². The van der Waals surface area contributed by atoms with Crippen LogP contribution in [-0.4, -0.2) is 22.2 Å². The van der Waals surface area contributed by atoms with Crippen LogP contribution in [0.4, 0.5) is 5.69 Å². The predicted molar refractivity (Wildman–Crippen MR) is 93.4 cm³/mol. The number of hydrogen-bond acceptors (Lipinski definition) is 5. The number of phenolic OH excluding ortho intramolecular Hbond substituents is 1. The van der Waals surface area contributed by atoms with Crippen LogP contribution in [0.15, 0.2) is 46.0 Å². The smallest absolute Gasteiger partial charge is 0.273 e. The van der Waals surface area contributed by atoms with Gasteiger partial charge in [0.05, 0.1) is 27.1 Å². The van der Waals surface area contributed by atoms with Gasteiger partial charge in [-0.05, 0) is 33.6 Å². The summed E-state index contributed by atoms with van der Waals surface area (Å²) in [5.41, 5.74) is 3.02. The lowest BCUT2D eigenvalue weighted by Gasteiger charge is -2.03. The summed E-state index contributed by atoms with van der Waals surface area (Å²) in [5.74, 6) is -0.585. The van der Waals surface area contributed by atoms with Gasteiger partial charge in [0.15, 0.2) is 0 Å². The Morgan fingerprint density at radius 1 is 1.42 bits per heavy atom. The molecule has 124 valence electrons. The van der Waals surface area contributed by atoms with Gasteiger partial charge < -0.3 is 5.11 Å². The van der Waals surface area contributed by atoms with Crippen LogP contribution in [0, 0.1) is 10.1 Å². The second-order valence-corrected chi connectivity index (χ2v) is 5.95. The number of carbonyl (C=O) groups is 1. The van der Waals surface area contributed by atoms with Crippen LogP contribution in [0.5, 0.6) is 5.75 Å². The maximum Gasteiger partial charge on any atom is 0.273 e. The van der Waals surface area contributed by atoms with Gasteiger partial charge in [-0.15, -0.1) is 0 Å². The largest absolute Gasteiger partial charge is 0.505 e. The zero-order valence-electron chi connectivity index (χ0n) is 12.1. The Balaban J connectivity index is 2.03. The number of hydrogen-bond donors (Lipinski definition) is 2. The van der Waals surface area contributed by atoms with Crippen molar-refractivity contribution < 1.29 is 14.8 Å². The van der Waals surface area contributed by atoms with Crippen molar-refractivity contribution >= 4 is 45.3 Å². The van der Waals surface area contributed by atoms with E-state index in [4.69, 9.17) is 11.6 Å². The zero-order valence-corrected chi connectivity index (χ0v) is 14.4. The van der Waals surface area contributed by atoms with Crippen molar-refractivity contribution in [3.63, 3.8) is 0 Å². The zero-order chi connectivity index (χ0) is 17.7. The van der Waals surface area contributed by atoms with Crippen LogP contribution in [0.25, 0.3) is 0 Å². The van der Waals surface area contributed by atoms with Crippen LogP contribution in [0.1, 0.15) is 11.1 Å². The Bertz CT molecular complexity index is 803. The van der Waals surface area contributed by atoms with Crippen molar-refractivity contribution in [1.82, 2.24) is 5.43 Å². The predicted octanol–water partition coefficient (Wildman–Crippen LogP) is 3.41. The Labute approximate surface area is 150 Å². The van der Waals surface area contributed by atoms with E-state index in [0.29, 0.717) is 15.6 Å². The van der Waals surface area contributed by atoms with Crippen molar-refractivity contribution in [1.29, 1.82) is 0 Å². The van der Waals surface area contributed by atoms with Crippen LogP contribution in [0.3, 0.4) is 0 Å². The van der Waals surface area contributed by atoms with Gasteiger partial charge in [-0.2, -0.15) is 5.10 Å². The van der Waals surface area contributed by atoms with Crippen LogP contribution >= 0.6 is 27.5 Å². The molecule has 7 nitrogen and oxygen atoms in total. The second-order valence-electron chi connectivity index (χ2n) is 4.69. The number of amides is 1. The Morgan fingerprint density at radius 3 is 2.79 bits per heavy atom. The summed E-state index contributed by atoms with van der Waals surface area (Å²) in [4.78, 5) is 22.2. The lowest BCUT2D eigenvalue weighted by Crippen LogP contribution is -2.20. The topological polar surface area (TPSA) is 105 Å². The highest BCUT2D eigenvalue weighted by atomic mass is 79.9. The quantitative estimate of drug-likeness (QED) is 0.446. The first-order valence-electron chi connectivity index (χ1n) is 6.60. The van der Waals surface area contributed by atoms with Gasteiger partial charge in [0, 0.05) is 11.6 Å². The number of phenols is 1. The molecule has 0 radical (unpaired) electrons. The van der Waals surface area contributed by atoms with Gasteiger partial charge in [0.25, 0.3) is 5.69 Å². The molecule has 24 heavy (non-hydrogen) atoms. The molecule has 0 bridgehead atoms. The lowest BCUT2D eigenvalue weighted by molar-refractivity contribution is -0.385. The van der Waals surface area contributed by atoms with Crippen LogP contribution in [0.2, 0.25) is 5.02 Å². The number of nitrogens with one attached hydrogen (secondary N) is 1. The number of nitrogens with zero attached hydrogens (tertiary/aromatic N) is 2. The molecule has 0 unspecified atom stereocenters. The van der Waals surface area contributed by atoms with E-state index in [0.717, 1.165) is 0 Å². The molecule has 0 aliphatic rings. The number of nitro benzene ring substituents is 1. The van der Waals surface area contributed by atoms with E-state index >= 15 is 0 Å². The van der Waals surface area contributed by atoms with Crippen molar-refractivity contribution in [2.24, 2.45) is 5.10 Å². The molecule has 0 heterocycles. The number of benzene rings is 2. The number of nitro groups is 1. The molecule has 2 aromatic carbocycles. The van der Waals surface area contributed by atoms with Gasteiger partial charge in [0.1, 0.15) is 5.75 Å². The minimum atomic E-state index is -0.540. The number of hydrazone groups is 1. The molecule has 2 aromatic rings. The second kappa shape index (κ2) is 7.89. The van der Waals surface area contributed by atoms with Crippen LogP contribution in [-0.2, 0) is 11.2 Å². The third kappa shape index (κ3) is 4.53. The Hall–Kier alpha value is -2.45. The average molecular weight is 413 g/mol. The molecule has 0 saturated carbocycles. The summed E-state index contributed by atoms with van der Waals surface area (Å²) in [6, 6.07) is 9.04. The monoisotopic (exact) mass is 411 g/mol. The van der Waals surface area contributed by atoms with E-state index in [1.807, 2.05) is 0 Å². The minimum absolute atomic E-state index is 0.0887. The van der Waals surface area contributed by atoms with Crippen molar-refractivity contribution in [3.05, 3.63) is 67.1 Å². The molecule has 0 aliphatic carbocycles. The summed E-state index contributed by atoms with van der Waals surface area (Å²) in [6.07, 6.45) is 1.17. The van der Waals surface area contributed by atoms with Gasteiger partial charge in [-0.25, -0.2) is 5.43 Å². The van der Waals surface area contributed by atoms with E-state index in [-0.39, 0.29) is 22.9 Å². The van der Waals surface area contributed by atoms with Crippen molar-refractivity contribution in [2.75, 3.05) is 0 Å². The SMILES string of the molecule is O=C(Cc1ccccc1[N+](=O)[O-])NN=Cc1cc(Cl)c(O)c(Br)c1. The van der Waals surface area contributed by atoms with E-state index in [2.05, 4.69) is 26.5 Å². The molecule has 2 rings (SSSR count). The van der Waals surface area contributed by atoms with Crippen molar-refractivity contribution in [3.8, 4) is 5.75 Å². The molecular formula is C15H11BrClN3O4. The minimum Gasteiger partial charge on any atom is -0.505 e. The fourth-order valence-electron chi connectivity index (χ4n) is 1.89. The molecule has 0 fully saturated rings. The first-order chi connectivity index (χ1) is 11.4. The molecule has 0 aromatic heterocycles. The third-order valence-corrected chi connectivity index (χ3v) is 3.87. The first-order valence-corrected chi connectivity index (χ1v) is 7.78. The Morgan fingerprint density at radius 2 is 2.12 bits per heavy atom. The highest BCUT2D eigenvalue weighted by Crippen LogP contribution is 2.32. The van der Waals surface area contributed by atoms with E-state index in [9.17, 15) is 20.0 Å². The summed E-state index contributed by atoms with van der Waals surface area (Å²) >= 11 is 8.96. The Kier molecular flexibility index (Phi) is 5.88. The fraction of sp³-hybridized carbons (Fsp3) is 0.0667. The lowest BCUT2D eigenvalue weighted by atomic mass is 10.1. The number of rotatable bonds is 5. The molecule has 0 saturated heterocycles. The molecular weight excluding hydrogens is 402 g/mol. The third-order valence-electron chi connectivity index (χ3n) is 2.98. The van der Waals surface area contributed by atoms with Gasteiger partial charge >= 0.3 is 0 Å². The fourth-order valence-corrected chi connectivity index (χ4v) is 2.71. The summed E-state index contributed by atoms with van der Waals surface area (Å²) in [6.45, 7) is 0. The maximum absolute atomic E-state index is 11.8. The van der Waals surface area contributed by atoms with E-state index < -0.39 is 10.8 Å². The van der Waals surface area contributed by atoms with Crippen LogP contribution < -0.4 is 5.43 Å². The molecule has 9 heteroatoms. The standard InChI is InChI=1S/C15H11BrClN3O4/c16-11-5-9(6-12(17)15(11)22)8-18-19-14(21)7-10-3-1-2-4-13(10)20(23)24/h1-6,8,22H,7H2,(H,19,21). The van der Waals surface area contributed by atoms with E-state index in [1.165, 1.54) is 30.5 Å². The average Bonchev–Trinajstić information content (AvgIpc) is 2.52.